The van der Waals surface area contributed by atoms with Gasteiger partial charge in [0.1, 0.15) is 17.5 Å². The minimum Gasteiger partial charge on any atom is -0.463 e. The maximum atomic E-state index is 13.6. The van der Waals surface area contributed by atoms with Crippen molar-refractivity contribution in [2.75, 3.05) is 6.61 Å². The molecule has 3 heterocycles. The fraction of sp³-hybridized carbons (Fsp3) is 0.148. The van der Waals surface area contributed by atoms with Crippen LogP contribution in [0.4, 0.5) is 0 Å². The summed E-state index contributed by atoms with van der Waals surface area (Å²) in [6.45, 7) is 3.80. The number of esters is 1. The molecule has 0 saturated heterocycles. The van der Waals surface area contributed by atoms with E-state index in [1.165, 1.54) is 22.7 Å². The third-order valence-corrected chi connectivity index (χ3v) is 7.37. The Labute approximate surface area is 209 Å². The van der Waals surface area contributed by atoms with E-state index >= 15 is 0 Å². The number of allylic oxidation sites excluding steroid dienone is 1. The maximum absolute atomic E-state index is 13.6. The number of fused-ring (bicyclic) bond motifs is 1. The summed E-state index contributed by atoms with van der Waals surface area (Å²) in [5.74, 6) is 0.962. The van der Waals surface area contributed by atoms with Gasteiger partial charge in [-0.2, -0.15) is 0 Å². The molecule has 0 bridgehead atoms. The maximum Gasteiger partial charge on any atom is 0.338 e. The number of benzene rings is 2. The van der Waals surface area contributed by atoms with Crippen molar-refractivity contribution in [1.82, 2.24) is 4.57 Å². The van der Waals surface area contributed by atoms with Gasteiger partial charge in [-0.1, -0.05) is 47.7 Å². The average Bonchev–Trinajstić information content (AvgIpc) is 3.48. The van der Waals surface area contributed by atoms with Gasteiger partial charge in [0.2, 0.25) is 0 Å². The first-order valence-corrected chi connectivity index (χ1v) is 12.8. The van der Waals surface area contributed by atoms with Gasteiger partial charge in [-0.05, 0) is 61.2 Å². The molecule has 2 aromatic heterocycles. The quantitative estimate of drug-likeness (QED) is 0.360. The number of carbonyl (C=O) groups excluding carboxylic acids is 1. The topological polar surface area (TPSA) is 69.9 Å². The Morgan fingerprint density at radius 1 is 1.09 bits per heavy atom. The van der Waals surface area contributed by atoms with E-state index in [0.717, 1.165) is 16.2 Å². The fourth-order valence-corrected chi connectivity index (χ4v) is 5.82. The molecule has 1 unspecified atom stereocenters. The summed E-state index contributed by atoms with van der Waals surface area (Å²) in [7, 11) is 0. The second kappa shape index (κ2) is 9.85. The Bertz CT molecular complexity index is 1580. The largest absolute Gasteiger partial charge is 0.463 e. The van der Waals surface area contributed by atoms with Crippen LogP contribution in [0.25, 0.3) is 6.08 Å². The number of hydrogen-bond acceptors (Lipinski definition) is 7. The minimum atomic E-state index is -0.569. The number of aromatic nitrogens is 1. The molecule has 4 aromatic rings. The lowest BCUT2D eigenvalue weighted by molar-refractivity contribution is -0.139. The summed E-state index contributed by atoms with van der Waals surface area (Å²) in [6, 6.07) is 20.4. The first-order chi connectivity index (χ1) is 17.0. The number of carbonyl (C=O) groups is 1. The zero-order valence-corrected chi connectivity index (χ0v) is 20.8. The number of para-hydroxylation sites is 1. The van der Waals surface area contributed by atoms with E-state index < -0.39 is 12.0 Å². The first-order valence-electron chi connectivity index (χ1n) is 11.1. The summed E-state index contributed by atoms with van der Waals surface area (Å²) in [4.78, 5) is 32.5. The van der Waals surface area contributed by atoms with Gasteiger partial charge >= 0.3 is 5.97 Å². The van der Waals surface area contributed by atoms with Gasteiger partial charge < -0.3 is 9.47 Å². The molecular weight excluding hydrogens is 480 g/mol. The third-order valence-electron chi connectivity index (χ3n) is 5.46. The predicted molar refractivity (Wildman–Crippen MR) is 138 cm³/mol. The Hall–Kier alpha value is -3.75. The summed E-state index contributed by atoms with van der Waals surface area (Å²) < 4.78 is 13.4. The highest BCUT2D eigenvalue weighted by Gasteiger charge is 2.33. The molecule has 2 aromatic carbocycles. The van der Waals surface area contributed by atoms with Crippen molar-refractivity contribution < 1.29 is 14.3 Å². The highest BCUT2D eigenvalue weighted by atomic mass is 32.1. The Balaban J connectivity index is 1.59. The second-order valence-electron chi connectivity index (χ2n) is 7.81. The number of nitrogens with zero attached hydrogens (tertiary/aromatic N) is 2. The lowest BCUT2D eigenvalue weighted by Crippen LogP contribution is -2.39. The van der Waals surface area contributed by atoms with E-state index in [1.54, 1.807) is 18.4 Å². The van der Waals surface area contributed by atoms with Crippen molar-refractivity contribution in [2.24, 2.45) is 4.99 Å². The van der Waals surface area contributed by atoms with Crippen LogP contribution in [0.1, 0.15) is 30.3 Å². The van der Waals surface area contributed by atoms with Crippen molar-refractivity contribution in [3.05, 3.63) is 114 Å². The van der Waals surface area contributed by atoms with Gasteiger partial charge in [-0.3, -0.25) is 9.36 Å². The highest BCUT2D eigenvalue weighted by Crippen LogP contribution is 2.33. The first kappa shape index (κ1) is 23.0. The number of ether oxygens (including phenoxy) is 2. The molecule has 0 aliphatic carbocycles. The van der Waals surface area contributed by atoms with Gasteiger partial charge in [-0.25, -0.2) is 9.79 Å². The van der Waals surface area contributed by atoms with E-state index in [9.17, 15) is 9.59 Å². The average molecular weight is 503 g/mol. The number of thiophene rings is 1. The Morgan fingerprint density at radius 2 is 1.89 bits per heavy atom. The van der Waals surface area contributed by atoms with E-state index in [4.69, 9.17) is 9.47 Å². The summed E-state index contributed by atoms with van der Waals surface area (Å²) in [5, 5.41) is 1.93. The molecular formula is C27H22N2O4S2. The lowest BCUT2D eigenvalue weighted by Gasteiger charge is -2.23. The van der Waals surface area contributed by atoms with E-state index in [1.807, 2.05) is 78.2 Å². The molecule has 0 amide bonds. The fourth-order valence-electron chi connectivity index (χ4n) is 3.95. The summed E-state index contributed by atoms with van der Waals surface area (Å²) in [5.41, 5.74) is 1.59. The third kappa shape index (κ3) is 4.62. The molecule has 1 atom stereocenters. The van der Waals surface area contributed by atoms with Gasteiger partial charge in [0.25, 0.3) is 5.56 Å². The zero-order chi connectivity index (χ0) is 24.4. The second-order valence-corrected chi connectivity index (χ2v) is 9.79. The molecule has 1 aliphatic rings. The number of thiazole rings is 1. The molecule has 176 valence electrons. The van der Waals surface area contributed by atoms with E-state index in [-0.39, 0.29) is 12.2 Å². The van der Waals surface area contributed by atoms with Crippen molar-refractivity contribution in [1.29, 1.82) is 0 Å². The molecule has 0 saturated carbocycles. The van der Waals surface area contributed by atoms with Crippen LogP contribution in [0.3, 0.4) is 0 Å². The van der Waals surface area contributed by atoms with Crippen LogP contribution in [0.2, 0.25) is 0 Å². The van der Waals surface area contributed by atoms with Crippen LogP contribution in [-0.2, 0) is 9.53 Å². The van der Waals surface area contributed by atoms with Crippen molar-refractivity contribution in [3.8, 4) is 11.5 Å². The van der Waals surface area contributed by atoms with Crippen molar-refractivity contribution >= 4 is 34.7 Å². The van der Waals surface area contributed by atoms with Crippen LogP contribution < -0.4 is 19.6 Å². The highest BCUT2D eigenvalue weighted by molar-refractivity contribution is 7.10. The normalized spacial score (nSPS) is 15.5. The molecule has 35 heavy (non-hydrogen) atoms. The van der Waals surface area contributed by atoms with E-state index in [0.29, 0.717) is 26.4 Å². The molecule has 5 rings (SSSR count). The molecule has 8 heteroatoms. The monoisotopic (exact) mass is 502 g/mol. The van der Waals surface area contributed by atoms with Crippen LogP contribution in [0, 0.1) is 0 Å². The SMILES string of the molecule is CCOC(=O)C1=C(C)N=c2s/c(=C/c3cccc(Oc4ccccc4)c3)c(=O)n2C1c1cccs1. The van der Waals surface area contributed by atoms with E-state index in [2.05, 4.69) is 4.99 Å². The number of rotatable bonds is 6. The van der Waals surface area contributed by atoms with Gasteiger partial charge in [0, 0.05) is 4.88 Å². The van der Waals surface area contributed by atoms with Crippen LogP contribution in [-0.4, -0.2) is 17.1 Å². The molecule has 0 spiro atoms. The Kier molecular flexibility index (Phi) is 6.48. The summed E-state index contributed by atoms with van der Waals surface area (Å²) >= 11 is 2.80. The lowest BCUT2D eigenvalue weighted by atomic mass is 10.0. The number of hydrogen-bond donors (Lipinski definition) is 0. The predicted octanol–water partition coefficient (Wildman–Crippen LogP) is 4.65. The summed E-state index contributed by atoms with van der Waals surface area (Å²) in [6.07, 6.45) is 1.83. The minimum absolute atomic E-state index is 0.198. The van der Waals surface area contributed by atoms with Gasteiger partial charge in [0.05, 0.1) is 22.4 Å². The smallest absolute Gasteiger partial charge is 0.338 e. The van der Waals surface area contributed by atoms with Crippen molar-refractivity contribution in [2.45, 2.75) is 19.9 Å². The zero-order valence-electron chi connectivity index (χ0n) is 19.1. The standard InChI is InChI=1S/C27H22N2O4S2/c1-3-32-26(31)23-17(2)28-27-29(24(23)21-13-8-14-34-21)25(30)22(35-27)16-18-9-7-12-20(15-18)33-19-10-5-4-6-11-19/h4-16,24H,3H2,1-2H3/b22-16+. The van der Waals surface area contributed by atoms with Crippen LogP contribution in [0.5, 0.6) is 11.5 Å². The van der Waals surface area contributed by atoms with Crippen LogP contribution in [0.15, 0.2) is 93.2 Å². The van der Waals surface area contributed by atoms with Gasteiger partial charge in [0.15, 0.2) is 4.80 Å². The molecule has 6 nitrogen and oxygen atoms in total. The van der Waals surface area contributed by atoms with Gasteiger partial charge in [-0.15, -0.1) is 11.3 Å². The van der Waals surface area contributed by atoms with Crippen molar-refractivity contribution in [3.63, 3.8) is 0 Å². The molecule has 1 aliphatic heterocycles. The Morgan fingerprint density at radius 3 is 2.63 bits per heavy atom. The molecule has 0 N–H and O–H groups in total. The molecule has 0 fully saturated rings. The van der Waals surface area contributed by atoms with Crippen LogP contribution >= 0.6 is 22.7 Å². The molecule has 0 radical (unpaired) electrons.